The quantitative estimate of drug-likeness (QED) is 0.714. The van der Waals surface area contributed by atoms with Crippen molar-refractivity contribution in [1.29, 1.82) is 0 Å². The number of carboxylic acid groups (broad SMARTS) is 1. The van der Waals surface area contributed by atoms with Crippen LogP contribution < -0.4 is 0 Å². The molecule has 0 fully saturated rings. The molecule has 0 amide bonds. The van der Waals surface area contributed by atoms with Gasteiger partial charge in [0, 0.05) is 0 Å². The molecule has 6 nitrogen and oxygen atoms in total. The van der Waals surface area contributed by atoms with Crippen LogP contribution >= 0.6 is 11.8 Å². The SMILES string of the molecule is O=C(O)C[C@H]1Sc2ncnn2C1=O. The molecule has 1 aromatic heterocycles. The lowest BCUT2D eigenvalue weighted by Crippen LogP contribution is -2.21. The smallest absolute Gasteiger partial charge is 0.305 e. The van der Waals surface area contributed by atoms with Gasteiger partial charge < -0.3 is 5.11 Å². The number of hydrogen-bond acceptors (Lipinski definition) is 5. The first-order valence-electron chi connectivity index (χ1n) is 3.51. The summed E-state index contributed by atoms with van der Waals surface area (Å²) in [6.45, 7) is 0. The molecule has 13 heavy (non-hydrogen) atoms. The fourth-order valence-corrected chi connectivity index (χ4v) is 2.09. The van der Waals surface area contributed by atoms with Gasteiger partial charge in [0.25, 0.3) is 5.91 Å². The third kappa shape index (κ3) is 1.31. The summed E-state index contributed by atoms with van der Waals surface area (Å²) in [6, 6.07) is 0. The van der Waals surface area contributed by atoms with Gasteiger partial charge in [-0.25, -0.2) is 4.98 Å². The molecule has 0 saturated heterocycles. The third-order valence-corrected chi connectivity index (χ3v) is 2.75. The minimum absolute atomic E-state index is 0.186. The Morgan fingerprint density at radius 2 is 2.54 bits per heavy atom. The van der Waals surface area contributed by atoms with E-state index in [9.17, 15) is 9.59 Å². The minimum atomic E-state index is -0.989. The maximum atomic E-state index is 11.4. The summed E-state index contributed by atoms with van der Waals surface area (Å²) in [5.74, 6) is -1.29. The highest BCUT2D eigenvalue weighted by Gasteiger charge is 2.34. The summed E-state index contributed by atoms with van der Waals surface area (Å²) in [5.41, 5.74) is 0. The van der Waals surface area contributed by atoms with E-state index in [1.165, 1.54) is 6.33 Å². The van der Waals surface area contributed by atoms with E-state index in [2.05, 4.69) is 10.1 Å². The number of hydrogen-bond donors (Lipinski definition) is 1. The van der Waals surface area contributed by atoms with Crippen molar-refractivity contribution in [3.8, 4) is 0 Å². The maximum Gasteiger partial charge on any atom is 0.305 e. The summed E-state index contributed by atoms with van der Waals surface area (Å²) >= 11 is 1.14. The van der Waals surface area contributed by atoms with Crippen LogP contribution in [0.4, 0.5) is 0 Å². The van der Waals surface area contributed by atoms with Crippen molar-refractivity contribution < 1.29 is 14.7 Å². The van der Waals surface area contributed by atoms with Gasteiger partial charge in [0.1, 0.15) is 11.6 Å². The van der Waals surface area contributed by atoms with E-state index in [0.29, 0.717) is 5.16 Å². The van der Waals surface area contributed by atoms with Crippen LogP contribution in [0, 0.1) is 0 Å². The van der Waals surface area contributed by atoms with Crippen molar-refractivity contribution in [2.75, 3.05) is 0 Å². The number of carboxylic acids is 1. The number of aliphatic carboxylic acids is 1. The molecular formula is C6H5N3O3S. The standard InChI is InChI=1S/C6H5N3O3S/c10-4(11)1-3-5(12)9-6(13-3)7-2-8-9/h2-3H,1H2,(H,10,11)/t3-/m1/s1. The molecule has 0 spiro atoms. The molecule has 1 aliphatic heterocycles. The van der Waals surface area contributed by atoms with Crippen LogP contribution in [-0.2, 0) is 4.79 Å². The van der Waals surface area contributed by atoms with E-state index < -0.39 is 11.2 Å². The highest BCUT2D eigenvalue weighted by atomic mass is 32.2. The number of nitrogens with zero attached hydrogens (tertiary/aromatic N) is 3. The second kappa shape index (κ2) is 2.84. The minimum Gasteiger partial charge on any atom is -0.481 e. The Morgan fingerprint density at radius 3 is 3.15 bits per heavy atom. The molecule has 0 radical (unpaired) electrons. The topological polar surface area (TPSA) is 85.1 Å². The molecule has 2 rings (SSSR count). The second-order valence-corrected chi connectivity index (χ2v) is 3.67. The molecule has 2 heterocycles. The molecule has 0 saturated carbocycles. The highest BCUT2D eigenvalue weighted by Crippen LogP contribution is 2.30. The van der Waals surface area contributed by atoms with Gasteiger partial charge in [-0.1, -0.05) is 11.8 Å². The average Bonchev–Trinajstić information content (AvgIpc) is 2.56. The van der Waals surface area contributed by atoms with Crippen LogP contribution in [-0.4, -0.2) is 37.0 Å². The first-order chi connectivity index (χ1) is 6.18. The van der Waals surface area contributed by atoms with E-state index in [-0.39, 0.29) is 12.3 Å². The van der Waals surface area contributed by atoms with Gasteiger partial charge in [0.2, 0.25) is 0 Å². The Balaban J connectivity index is 2.19. The number of rotatable bonds is 2. The Kier molecular flexibility index (Phi) is 1.80. The largest absolute Gasteiger partial charge is 0.481 e. The van der Waals surface area contributed by atoms with Crippen LogP contribution in [0.2, 0.25) is 0 Å². The zero-order valence-corrected chi connectivity index (χ0v) is 7.19. The van der Waals surface area contributed by atoms with Gasteiger partial charge in [-0.2, -0.15) is 9.78 Å². The Labute approximate surface area is 77.0 Å². The van der Waals surface area contributed by atoms with Crippen molar-refractivity contribution in [2.45, 2.75) is 16.8 Å². The number of fused-ring (bicyclic) bond motifs is 1. The Morgan fingerprint density at radius 1 is 1.77 bits per heavy atom. The van der Waals surface area contributed by atoms with Crippen LogP contribution in [0.5, 0.6) is 0 Å². The van der Waals surface area contributed by atoms with Gasteiger partial charge in [0.15, 0.2) is 5.16 Å². The second-order valence-electron chi connectivity index (χ2n) is 2.50. The van der Waals surface area contributed by atoms with E-state index in [1.807, 2.05) is 0 Å². The van der Waals surface area contributed by atoms with Gasteiger partial charge in [-0.3, -0.25) is 9.59 Å². The first kappa shape index (κ1) is 8.24. The van der Waals surface area contributed by atoms with Crippen molar-refractivity contribution in [1.82, 2.24) is 14.8 Å². The lowest BCUT2D eigenvalue weighted by molar-refractivity contribution is -0.136. The van der Waals surface area contributed by atoms with Crippen LogP contribution in [0.1, 0.15) is 11.2 Å². The van der Waals surface area contributed by atoms with Gasteiger partial charge in [-0.15, -0.1) is 0 Å². The zero-order valence-electron chi connectivity index (χ0n) is 6.38. The normalized spacial score (nSPS) is 20.3. The molecule has 1 aliphatic rings. The third-order valence-electron chi connectivity index (χ3n) is 1.61. The van der Waals surface area contributed by atoms with E-state index in [4.69, 9.17) is 5.11 Å². The molecular weight excluding hydrogens is 194 g/mol. The monoisotopic (exact) mass is 199 g/mol. The lowest BCUT2D eigenvalue weighted by atomic mass is 10.3. The molecule has 0 unspecified atom stereocenters. The number of aromatic nitrogens is 3. The molecule has 7 heteroatoms. The lowest BCUT2D eigenvalue weighted by Gasteiger charge is -1.99. The summed E-state index contributed by atoms with van der Waals surface area (Å²) in [4.78, 5) is 25.5. The maximum absolute atomic E-state index is 11.4. The fraction of sp³-hybridized carbons (Fsp3) is 0.333. The van der Waals surface area contributed by atoms with Gasteiger partial charge >= 0.3 is 5.97 Å². The van der Waals surface area contributed by atoms with Crippen molar-refractivity contribution >= 4 is 23.6 Å². The van der Waals surface area contributed by atoms with Crippen LogP contribution in [0.3, 0.4) is 0 Å². The van der Waals surface area contributed by atoms with Gasteiger partial charge in [0.05, 0.1) is 6.42 Å². The predicted molar refractivity (Wildman–Crippen MR) is 42.5 cm³/mol. The highest BCUT2D eigenvalue weighted by molar-refractivity contribution is 8.00. The molecule has 1 aromatic rings. The first-order valence-corrected chi connectivity index (χ1v) is 4.39. The van der Waals surface area contributed by atoms with Crippen LogP contribution in [0.15, 0.2) is 11.5 Å². The summed E-state index contributed by atoms with van der Waals surface area (Å²) in [7, 11) is 0. The number of thioether (sulfide) groups is 1. The van der Waals surface area contributed by atoms with Crippen molar-refractivity contribution in [3.05, 3.63) is 6.33 Å². The molecule has 0 bridgehead atoms. The Hall–Kier alpha value is -1.37. The zero-order chi connectivity index (χ0) is 9.42. The molecule has 1 N–H and O–H groups in total. The summed E-state index contributed by atoms with van der Waals surface area (Å²) in [5, 5.41) is 12.1. The number of carbonyl (C=O) groups is 2. The summed E-state index contributed by atoms with van der Waals surface area (Å²) < 4.78 is 1.14. The molecule has 68 valence electrons. The molecule has 1 atom stereocenters. The fourth-order valence-electron chi connectivity index (χ4n) is 1.06. The van der Waals surface area contributed by atoms with E-state index >= 15 is 0 Å². The average molecular weight is 199 g/mol. The predicted octanol–water partition coefficient (Wildman–Crippen LogP) is -0.133. The van der Waals surface area contributed by atoms with E-state index in [0.717, 1.165) is 16.4 Å². The van der Waals surface area contributed by atoms with Crippen LogP contribution in [0.25, 0.3) is 0 Å². The van der Waals surface area contributed by atoms with Crippen molar-refractivity contribution in [3.63, 3.8) is 0 Å². The summed E-state index contributed by atoms with van der Waals surface area (Å²) in [6.07, 6.45) is 1.09. The number of carbonyl (C=O) groups excluding carboxylic acids is 1. The van der Waals surface area contributed by atoms with E-state index in [1.54, 1.807) is 0 Å². The van der Waals surface area contributed by atoms with Crippen molar-refractivity contribution in [2.24, 2.45) is 0 Å². The van der Waals surface area contributed by atoms with Gasteiger partial charge in [-0.05, 0) is 0 Å². The molecule has 0 aliphatic carbocycles. The Bertz CT molecular complexity index is 375. The molecule has 0 aromatic carbocycles.